The number of benzene rings is 2. The predicted octanol–water partition coefficient (Wildman–Crippen LogP) is 5.70. The number of halogens is 2. The molecule has 0 aliphatic heterocycles. The Morgan fingerprint density at radius 3 is 2.72 bits per heavy atom. The highest BCUT2D eigenvalue weighted by atomic mass is 79.9. The van der Waals surface area contributed by atoms with Crippen molar-refractivity contribution < 1.29 is 4.79 Å². The second-order valence-electron chi connectivity index (χ2n) is 5.87. The van der Waals surface area contributed by atoms with Crippen molar-refractivity contribution in [3.63, 3.8) is 0 Å². The first-order valence-electron chi connectivity index (χ1n) is 8.17. The summed E-state index contributed by atoms with van der Waals surface area (Å²) in [4.78, 5) is 19.2. The van der Waals surface area contributed by atoms with Crippen LogP contribution >= 0.6 is 27.5 Å². The third kappa shape index (κ3) is 4.20. The summed E-state index contributed by atoms with van der Waals surface area (Å²) >= 11 is 9.79. The Balaban J connectivity index is 1.91. The highest BCUT2D eigenvalue weighted by Crippen LogP contribution is 2.23. The van der Waals surface area contributed by atoms with Crippen LogP contribution in [0.15, 0.2) is 59.1 Å². The molecule has 0 spiro atoms. The summed E-state index contributed by atoms with van der Waals surface area (Å²) in [6, 6.07) is 17.3. The first kappa shape index (κ1) is 17.9. The molecule has 0 aliphatic carbocycles. The number of hydrogen-bond donors (Lipinski definition) is 0. The van der Waals surface area contributed by atoms with Crippen LogP contribution in [0.1, 0.15) is 29.3 Å². The van der Waals surface area contributed by atoms with Gasteiger partial charge in [0.05, 0.1) is 5.52 Å². The minimum atomic E-state index is -0.00706. The minimum Gasteiger partial charge on any atom is -0.334 e. The van der Waals surface area contributed by atoms with E-state index in [0.717, 1.165) is 27.4 Å². The maximum Gasteiger partial charge on any atom is 0.254 e. The molecular formula is C20H18BrClN2O. The van der Waals surface area contributed by atoms with Crippen molar-refractivity contribution >= 4 is 44.3 Å². The van der Waals surface area contributed by atoms with Gasteiger partial charge < -0.3 is 4.90 Å². The number of carbonyl (C=O) groups excluding carboxylic acids is 1. The summed E-state index contributed by atoms with van der Waals surface area (Å²) in [5.74, 6) is -0.00706. The molecule has 0 bridgehead atoms. The fourth-order valence-corrected chi connectivity index (χ4v) is 3.38. The first-order valence-corrected chi connectivity index (χ1v) is 9.34. The van der Waals surface area contributed by atoms with Crippen molar-refractivity contribution in [2.75, 3.05) is 6.54 Å². The SMILES string of the molecule is CCCN(Cc1cc2ccccc2nc1Cl)C(=O)c1cccc(Br)c1. The Labute approximate surface area is 160 Å². The molecule has 0 N–H and O–H groups in total. The maximum absolute atomic E-state index is 12.9. The van der Waals surface area contributed by atoms with Crippen molar-refractivity contribution in [3.8, 4) is 0 Å². The molecule has 0 saturated heterocycles. The second kappa shape index (κ2) is 7.98. The molecule has 1 heterocycles. The summed E-state index contributed by atoms with van der Waals surface area (Å²) in [6.07, 6.45) is 0.873. The number of fused-ring (bicyclic) bond motifs is 1. The van der Waals surface area contributed by atoms with E-state index in [-0.39, 0.29) is 5.91 Å². The average Bonchev–Trinajstić information content (AvgIpc) is 2.61. The fourth-order valence-electron chi connectivity index (χ4n) is 2.78. The van der Waals surface area contributed by atoms with Crippen LogP contribution in [0.5, 0.6) is 0 Å². The standard InChI is InChI=1S/C20H18BrClN2O/c1-2-10-24(20(25)15-7-5-8-17(21)12-15)13-16-11-14-6-3-4-9-18(14)23-19(16)22/h3-9,11-12H,2,10,13H2,1H3. The van der Waals surface area contributed by atoms with Crippen LogP contribution in [0.2, 0.25) is 5.15 Å². The molecule has 1 aromatic heterocycles. The Morgan fingerprint density at radius 1 is 1.16 bits per heavy atom. The number of hydrogen-bond acceptors (Lipinski definition) is 2. The zero-order valence-electron chi connectivity index (χ0n) is 13.9. The number of aromatic nitrogens is 1. The van der Waals surface area contributed by atoms with Gasteiger partial charge in [0.2, 0.25) is 0 Å². The molecule has 0 radical (unpaired) electrons. The molecule has 25 heavy (non-hydrogen) atoms. The van der Waals surface area contributed by atoms with Crippen molar-refractivity contribution in [1.29, 1.82) is 0 Å². The van der Waals surface area contributed by atoms with E-state index in [1.807, 2.05) is 59.5 Å². The van der Waals surface area contributed by atoms with E-state index in [2.05, 4.69) is 27.8 Å². The van der Waals surface area contributed by atoms with Crippen molar-refractivity contribution in [1.82, 2.24) is 9.88 Å². The van der Waals surface area contributed by atoms with Crippen LogP contribution in [0, 0.1) is 0 Å². The van der Waals surface area contributed by atoms with Crippen molar-refractivity contribution in [2.24, 2.45) is 0 Å². The highest BCUT2D eigenvalue weighted by Gasteiger charge is 2.17. The molecular weight excluding hydrogens is 400 g/mol. The van der Waals surface area contributed by atoms with Crippen LogP contribution in [0.3, 0.4) is 0 Å². The number of nitrogens with zero attached hydrogens (tertiary/aromatic N) is 2. The van der Waals surface area contributed by atoms with Crippen molar-refractivity contribution in [3.05, 3.63) is 75.4 Å². The van der Waals surface area contributed by atoms with Gasteiger partial charge in [-0.3, -0.25) is 4.79 Å². The fraction of sp³-hybridized carbons (Fsp3) is 0.200. The van der Waals surface area contributed by atoms with E-state index in [0.29, 0.717) is 23.8 Å². The van der Waals surface area contributed by atoms with Gasteiger partial charge in [-0.1, -0.05) is 58.7 Å². The molecule has 0 atom stereocenters. The van der Waals surface area contributed by atoms with Crippen LogP contribution in [0.25, 0.3) is 10.9 Å². The van der Waals surface area contributed by atoms with Gasteiger partial charge in [0, 0.05) is 34.1 Å². The van der Waals surface area contributed by atoms with Gasteiger partial charge in [-0.15, -0.1) is 0 Å². The average molecular weight is 418 g/mol. The van der Waals surface area contributed by atoms with Gasteiger partial charge in [0.1, 0.15) is 5.15 Å². The minimum absolute atomic E-state index is 0.00706. The molecule has 1 amide bonds. The lowest BCUT2D eigenvalue weighted by Crippen LogP contribution is -2.31. The number of carbonyl (C=O) groups is 1. The van der Waals surface area contributed by atoms with Crippen LogP contribution in [0.4, 0.5) is 0 Å². The van der Waals surface area contributed by atoms with E-state index in [4.69, 9.17) is 11.6 Å². The molecule has 3 rings (SSSR count). The van der Waals surface area contributed by atoms with E-state index in [9.17, 15) is 4.79 Å². The lowest BCUT2D eigenvalue weighted by Gasteiger charge is -2.23. The number of amides is 1. The van der Waals surface area contributed by atoms with E-state index >= 15 is 0 Å². The largest absolute Gasteiger partial charge is 0.334 e. The van der Waals surface area contributed by atoms with Crippen LogP contribution in [-0.4, -0.2) is 22.3 Å². The quantitative estimate of drug-likeness (QED) is 0.499. The first-order chi connectivity index (χ1) is 12.1. The zero-order valence-corrected chi connectivity index (χ0v) is 16.2. The monoisotopic (exact) mass is 416 g/mol. The zero-order chi connectivity index (χ0) is 17.8. The van der Waals surface area contributed by atoms with Crippen LogP contribution < -0.4 is 0 Å². The summed E-state index contributed by atoms with van der Waals surface area (Å²) in [5.41, 5.74) is 2.38. The maximum atomic E-state index is 12.9. The number of para-hydroxylation sites is 1. The molecule has 0 aliphatic rings. The van der Waals surface area contributed by atoms with Gasteiger partial charge in [-0.25, -0.2) is 4.98 Å². The molecule has 0 unspecified atom stereocenters. The van der Waals surface area contributed by atoms with Gasteiger partial charge in [0.15, 0.2) is 0 Å². The third-order valence-electron chi connectivity index (χ3n) is 3.96. The summed E-state index contributed by atoms with van der Waals surface area (Å²) < 4.78 is 0.889. The lowest BCUT2D eigenvalue weighted by atomic mass is 10.1. The summed E-state index contributed by atoms with van der Waals surface area (Å²) in [6.45, 7) is 3.16. The Bertz CT molecular complexity index is 913. The molecule has 0 saturated carbocycles. The highest BCUT2D eigenvalue weighted by molar-refractivity contribution is 9.10. The van der Waals surface area contributed by atoms with Crippen LogP contribution in [-0.2, 0) is 6.54 Å². The second-order valence-corrected chi connectivity index (χ2v) is 7.14. The Hall–Kier alpha value is -1.91. The molecule has 3 nitrogen and oxygen atoms in total. The molecule has 128 valence electrons. The topological polar surface area (TPSA) is 33.2 Å². The normalized spacial score (nSPS) is 10.8. The smallest absolute Gasteiger partial charge is 0.254 e. The molecule has 5 heteroatoms. The van der Waals surface area contributed by atoms with Gasteiger partial charge in [-0.2, -0.15) is 0 Å². The summed E-state index contributed by atoms with van der Waals surface area (Å²) in [7, 11) is 0. The molecule has 2 aromatic carbocycles. The molecule has 3 aromatic rings. The van der Waals surface area contributed by atoms with Gasteiger partial charge >= 0.3 is 0 Å². The lowest BCUT2D eigenvalue weighted by molar-refractivity contribution is 0.0743. The Morgan fingerprint density at radius 2 is 1.96 bits per heavy atom. The van der Waals surface area contributed by atoms with E-state index < -0.39 is 0 Å². The van der Waals surface area contributed by atoms with Crippen molar-refractivity contribution in [2.45, 2.75) is 19.9 Å². The van der Waals surface area contributed by atoms with Gasteiger partial charge in [0.25, 0.3) is 5.91 Å². The van der Waals surface area contributed by atoms with E-state index in [1.165, 1.54) is 0 Å². The third-order valence-corrected chi connectivity index (χ3v) is 4.78. The summed E-state index contributed by atoms with van der Waals surface area (Å²) in [5, 5.41) is 1.47. The van der Waals surface area contributed by atoms with E-state index in [1.54, 1.807) is 0 Å². The Kier molecular flexibility index (Phi) is 5.71. The van der Waals surface area contributed by atoms with Gasteiger partial charge in [-0.05, 0) is 36.8 Å². The number of pyridine rings is 1. The predicted molar refractivity (Wildman–Crippen MR) is 106 cm³/mol. The number of rotatable bonds is 5. The molecule has 0 fully saturated rings.